The zero-order valence-electron chi connectivity index (χ0n) is 10.5. The maximum absolute atomic E-state index is 11.2. The van der Waals surface area contributed by atoms with Crippen LogP contribution in [0.25, 0.3) is 11.1 Å². The number of hydrogen-bond donors (Lipinski definition) is 0. The first-order valence-electron chi connectivity index (χ1n) is 6.45. The third-order valence-electron chi connectivity index (χ3n) is 3.58. The first kappa shape index (κ1) is 11.2. The van der Waals surface area contributed by atoms with Crippen LogP contribution in [0.1, 0.15) is 41.6 Å². The van der Waals surface area contributed by atoms with E-state index in [1.54, 1.807) is 6.92 Å². The van der Waals surface area contributed by atoms with Gasteiger partial charge in [0, 0.05) is 5.56 Å². The molecule has 1 fully saturated rings. The second-order valence-corrected chi connectivity index (χ2v) is 5.03. The van der Waals surface area contributed by atoms with E-state index in [9.17, 15) is 4.79 Å². The van der Waals surface area contributed by atoms with Crippen molar-refractivity contribution in [2.45, 2.75) is 25.7 Å². The van der Waals surface area contributed by atoms with Crippen molar-refractivity contribution >= 4 is 5.78 Å². The normalized spacial score (nSPS) is 14.5. The zero-order valence-corrected chi connectivity index (χ0v) is 10.5. The number of carbonyl (C=O) groups is 1. The monoisotopic (exact) mass is 236 g/mol. The van der Waals surface area contributed by atoms with E-state index < -0.39 is 0 Å². The molecule has 0 spiro atoms. The molecule has 0 saturated heterocycles. The van der Waals surface area contributed by atoms with Crippen molar-refractivity contribution in [2.75, 3.05) is 0 Å². The highest BCUT2D eigenvalue weighted by Gasteiger charge is 2.22. The molecule has 0 amide bonds. The lowest BCUT2D eigenvalue weighted by Crippen LogP contribution is -1.90. The first-order valence-corrected chi connectivity index (χ1v) is 6.45. The number of rotatable bonds is 3. The van der Waals surface area contributed by atoms with Gasteiger partial charge in [0.05, 0.1) is 0 Å². The molecule has 1 heteroatoms. The standard InChI is InChI=1S/C17H16O/c1-12(18)13-2-4-14(5-3-13)15-6-8-16(9-7-15)17-10-11-17/h2-9,17H,10-11H2,1H3. The van der Waals surface area contributed by atoms with Crippen LogP contribution in [-0.2, 0) is 0 Å². The molecule has 0 bridgehead atoms. The largest absolute Gasteiger partial charge is 0.295 e. The highest BCUT2D eigenvalue weighted by atomic mass is 16.1. The summed E-state index contributed by atoms with van der Waals surface area (Å²) in [6.07, 6.45) is 2.68. The van der Waals surface area contributed by atoms with E-state index in [1.165, 1.54) is 29.5 Å². The highest BCUT2D eigenvalue weighted by Crippen LogP contribution is 2.40. The Morgan fingerprint density at radius 3 is 1.83 bits per heavy atom. The second-order valence-electron chi connectivity index (χ2n) is 5.03. The summed E-state index contributed by atoms with van der Waals surface area (Å²) in [6.45, 7) is 1.60. The van der Waals surface area contributed by atoms with Crippen LogP contribution in [0, 0.1) is 0 Å². The van der Waals surface area contributed by atoms with Crippen LogP contribution in [0.5, 0.6) is 0 Å². The van der Waals surface area contributed by atoms with Crippen LogP contribution in [0.4, 0.5) is 0 Å². The quantitative estimate of drug-likeness (QED) is 0.720. The molecule has 0 unspecified atom stereocenters. The summed E-state index contributed by atoms with van der Waals surface area (Å²) in [5, 5.41) is 0. The molecule has 0 heterocycles. The third-order valence-corrected chi connectivity index (χ3v) is 3.58. The van der Waals surface area contributed by atoms with Gasteiger partial charge in [0.2, 0.25) is 0 Å². The fraction of sp³-hybridized carbons (Fsp3) is 0.235. The zero-order chi connectivity index (χ0) is 12.5. The van der Waals surface area contributed by atoms with Gasteiger partial charge in [0.1, 0.15) is 0 Å². The van der Waals surface area contributed by atoms with E-state index in [0.29, 0.717) is 0 Å². The van der Waals surface area contributed by atoms with Crippen LogP contribution in [0.15, 0.2) is 48.5 Å². The minimum absolute atomic E-state index is 0.116. The Kier molecular flexibility index (Phi) is 2.75. The average molecular weight is 236 g/mol. The summed E-state index contributed by atoms with van der Waals surface area (Å²) in [5.41, 5.74) is 4.62. The van der Waals surface area contributed by atoms with Crippen molar-refractivity contribution in [3.8, 4) is 11.1 Å². The van der Waals surface area contributed by atoms with Gasteiger partial charge in [-0.1, -0.05) is 48.5 Å². The topological polar surface area (TPSA) is 17.1 Å². The van der Waals surface area contributed by atoms with Crippen molar-refractivity contribution in [1.82, 2.24) is 0 Å². The Balaban J connectivity index is 1.86. The van der Waals surface area contributed by atoms with Crippen molar-refractivity contribution < 1.29 is 4.79 Å². The first-order chi connectivity index (χ1) is 8.74. The molecule has 90 valence electrons. The molecule has 18 heavy (non-hydrogen) atoms. The van der Waals surface area contributed by atoms with Crippen molar-refractivity contribution in [3.63, 3.8) is 0 Å². The molecule has 3 rings (SSSR count). The number of Topliss-reactive ketones (excluding diaryl/α,β-unsaturated/α-hetero) is 1. The maximum Gasteiger partial charge on any atom is 0.159 e. The second kappa shape index (κ2) is 4.41. The molecule has 0 aromatic heterocycles. The van der Waals surface area contributed by atoms with E-state index in [-0.39, 0.29) is 5.78 Å². The van der Waals surface area contributed by atoms with Crippen LogP contribution in [0.3, 0.4) is 0 Å². The lowest BCUT2D eigenvalue weighted by Gasteiger charge is -2.04. The Labute approximate surface area is 107 Å². The van der Waals surface area contributed by atoms with Gasteiger partial charge in [0.15, 0.2) is 5.78 Å². The molecule has 1 saturated carbocycles. The Morgan fingerprint density at radius 1 is 0.889 bits per heavy atom. The molecular formula is C17H16O. The van der Waals surface area contributed by atoms with Gasteiger partial charge in [-0.25, -0.2) is 0 Å². The lowest BCUT2D eigenvalue weighted by atomic mass is 10.0. The molecule has 0 N–H and O–H groups in total. The molecule has 1 aliphatic rings. The summed E-state index contributed by atoms with van der Waals surface area (Å²) in [6, 6.07) is 16.6. The average Bonchev–Trinajstić information content (AvgIpc) is 3.23. The Morgan fingerprint density at radius 2 is 1.39 bits per heavy atom. The predicted octanol–water partition coefficient (Wildman–Crippen LogP) is 4.43. The summed E-state index contributed by atoms with van der Waals surface area (Å²) in [4.78, 5) is 11.2. The molecule has 1 nitrogen and oxygen atoms in total. The molecule has 0 aliphatic heterocycles. The molecule has 0 radical (unpaired) electrons. The van der Waals surface area contributed by atoms with Crippen molar-refractivity contribution in [1.29, 1.82) is 0 Å². The minimum atomic E-state index is 0.116. The number of carbonyl (C=O) groups excluding carboxylic acids is 1. The summed E-state index contributed by atoms with van der Waals surface area (Å²) in [7, 11) is 0. The number of benzene rings is 2. The SMILES string of the molecule is CC(=O)c1ccc(-c2ccc(C3CC3)cc2)cc1. The molecular weight excluding hydrogens is 220 g/mol. The lowest BCUT2D eigenvalue weighted by molar-refractivity contribution is 0.101. The Bertz CT molecular complexity index is 560. The molecule has 2 aromatic rings. The molecule has 0 atom stereocenters. The number of hydrogen-bond acceptors (Lipinski definition) is 1. The van der Waals surface area contributed by atoms with E-state index in [4.69, 9.17) is 0 Å². The van der Waals surface area contributed by atoms with Crippen molar-refractivity contribution in [3.05, 3.63) is 59.7 Å². The Hall–Kier alpha value is -1.89. The minimum Gasteiger partial charge on any atom is -0.295 e. The summed E-state index contributed by atoms with van der Waals surface area (Å²) < 4.78 is 0. The maximum atomic E-state index is 11.2. The van der Waals surface area contributed by atoms with E-state index in [1.807, 2.05) is 24.3 Å². The summed E-state index contributed by atoms with van der Waals surface area (Å²) >= 11 is 0. The van der Waals surface area contributed by atoms with Crippen molar-refractivity contribution in [2.24, 2.45) is 0 Å². The van der Waals surface area contributed by atoms with Gasteiger partial charge < -0.3 is 0 Å². The van der Waals surface area contributed by atoms with Gasteiger partial charge in [-0.2, -0.15) is 0 Å². The molecule has 1 aliphatic carbocycles. The van der Waals surface area contributed by atoms with Crippen LogP contribution in [-0.4, -0.2) is 5.78 Å². The predicted molar refractivity (Wildman–Crippen MR) is 73.9 cm³/mol. The van der Waals surface area contributed by atoms with Crippen LogP contribution < -0.4 is 0 Å². The van der Waals surface area contributed by atoms with Gasteiger partial charge in [-0.3, -0.25) is 4.79 Å². The van der Waals surface area contributed by atoms with Crippen LogP contribution >= 0.6 is 0 Å². The molecule has 2 aromatic carbocycles. The fourth-order valence-corrected chi connectivity index (χ4v) is 2.26. The van der Waals surface area contributed by atoms with Gasteiger partial charge in [-0.05, 0) is 42.4 Å². The van der Waals surface area contributed by atoms with Gasteiger partial charge >= 0.3 is 0 Å². The highest BCUT2D eigenvalue weighted by molar-refractivity contribution is 5.94. The smallest absolute Gasteiger partial charge is 0.159 e. The van der Waals surface area contributed by atoms with Gasteiger partial charge in [0.25, 0.3) is 0 Å². The number of ketones is 1. The van der Waals surface area contributed by atoms with Gasteiger partial charge in [-0.15, -0.1) is 0 Å². The van der Waals surface area contributed by atoms with E-state index in [2.05, 4.69) is 24.3 Å². The fourth-order valence-electron chi connectivity index (χ4n) is 2.26. The van der Waals surface area contributed by atoms with E-state index in [0.717, 1.165) is 11.5 Å². The van der Waals surface area contributed by atoms with E-state index >= 15 is 0 Å². The summed E-state index contributed by atoms with van der Waals surface area (Å²) in [5.74, 6) is 0.921. The third kappa shape index (κ3) is 2.21. The van der Waals surface area contributed by atoms with Crippen LogP contribution in [0.2, 0.25) is 0 Å².